The first-order valence-electron chi connectivity index (χ1n) is 24.7. The molecule has 74 heavy (non-hydrogen) atoms. The van der Waals surface area contributed by atoms with Crippen molar-refractivity contribution < 1.29 is 48.3 Å². The number of H-pyrrole nitrogens is 2. The molecule has 5 rings (SSSR count). The first kappa shape index (κ1) is 56.6. The normalized spacial score (nSPS) is 21.3. The lowest BCUT2D eigenvalue weighted by Crippen LogP contribution is -2.61. The average Bonchev–Trinajstić information content (AvgIpc) is 4.04. The minimum Gasteiger partial charge on any atom is -0.480 e. The van der Waals surface area contributed by atoms with E-state index < -0.39 is 102 Å². The van der Waals surface area contributed by atoms with Crippen LogP contribution in [0.4, 0.5) is 0 Å². The lowest BCUT2D eigenvalue weighted by molar-refractivity contribution is -0.142. The third-order valence-corrected chi connectivity index (χ3v) is 12.3. The summed E-state index contributed by atoms with van der Waals surface area (Å²) in [6, 6.07) is 6.21. The highest BCUT2D eigenvalue weighted by molar-refractivity contribution is 5.99. The number of amides is 8. The maximum atomic E-state index is 14.7. The SMILES string of the molecule is CCCC[C@H](NC(C)=O)C(=O)NC1CC(=O)NCCCC[C@@H](C(=O)O)NC(=O)[C@H](Cc2c[nH]c3ccccc23)NC(=O)[C@H](CCCN=C(N)N)NC(=O)[C@@H](Cc2ccccc2)NC(=O)C(Cc2cnc[nH]2)NC1=O. The summed E-state index contributed by atoms with van der Waals surface area (Å²) in [6.07, 6.45) is 5.28. The Bertz CT molecular complexity index is 2580. The summed E-state index contributed by atoms with van der Waals surface area (Å²) in [6.45, 7) is 3.19. The maximum Gasteiger partial charge on any atom is 0.326 e. The Hall–Kier alpha value is -8.31. The first-order valence-corrected chi connectivity index (χ1v) is 24.7. The van der Waals surface area contributed by atoms with E-state index in [0.717, 1.165) is 10.9 Å². The molecule has 1 saturated heterocycles. The Morgan fingerprint density at radius 1 is 0.784 bits per heavy atom. The average molecular weight is 1030 g/mol. The van der Waals surface area contributed by atoms with Gasteiger partial charge < -0.3 is 69.1 Å². The number of aliphatic imine (C=N–C) groups is 1. The number of fused-ring (bicyclic) bond motifs is 1. The lowest BCUT2D eigenvalue weighted by atomic mass is 10.0. The summed E-state index contributed by atoms with van der Waals surface area (Å²) in [5.41, 5.74) is 13.5. The molecule has 4 aromatic rings. The number of hydrogen-bond donors (Lipinski definition) is 13. The highest BCUT2D eigenvalue weighted by Crippen LogP contribution is 2.20. The molecule has 2 aromatic heterocycles. The van der Waals surface area contributed by atoms with Gasteiger partial charge in [-0.25, -0.2) is 9.78 Å². The van der Waals surface area contributed by atoms with Crippen molar-refractivity contribution in [2.45, 2.75) is 133 Å². The van der Waals surface area contributed by atoms with E-state index in [1.165, 1.54) is 19.4 Å². The van der Waals surface area contributed by atoms with Gasteiger partial charge >= 0.3 is 5.97 Å². The summed E-state index contributed by atoms with van der Waals surface area (Å²) in [4.78, 5) is 139. The van der Waals surface area contributed by atoms with E-state index in [4.69, 9.17) is 11.5 Å². The van der Waals surface area contributed by atoms with E-state index in [1.807, 2.05) is 25.1 Å². The van der Waals surface area contributed by atoms with Crippen LogP contribution in [-0.4, -0.2) is 135 Å². The molecule has 24 heteroatoms. The van der Waals surface area contributed by atoms with E-state index in [0.29, 0.717) is 29.7 Å². The molecule has 0 bridgehead atoms. The zero-order valence-electron chi connectivity index (χ0n) is 41.5. The Morgan fingerprint density at radius 2 is 1.43 bits per heavy atom. The molecule has 8 amide bonds. The van der Waals surface area contributed by atoms with Crippen LogP contribution < -0.4 is 54.0 Å². The Kier molecular flexibility index (Phi) is 21.9. The van der Waals surface area contributed by atoms with Crippen LogP contribution >= 0.6 is 0 Å². The van der Waals surface area contributed by atoms with Gasteiger partial charge in [-0.2, -0.15) is 0 Å². The number of aliphatic carboxylic acids is 1. The van der Waals surface area contributed by atoms with Gasteiger partial charge in [-0.15, -0.1) is 0 Å². The predicted molar refractivity (Wildman–Crippen MR) is 272 cm³/mol. The third kappa shape index (κ3) is 18.1. The topological polar surface area (TPSA) is 379 Å². The molecular weight excluding hydrogens is 957 g/mol. The largest absolute Gasteiger partial charge is 0.480 e. The molecular formula is C50H68N14O10. The smallest absolute Gasteiger partial charge is 0.326 e. The van der Waals surface area contributed by atoms with Gasteiger partial charge in [-0.3, -0.25) is 43.3 Å². The van der Waals surface area contributed by atoms with Crippen molar-refractivity contribution in [1.82, 2.24) is 57.5 Å². The molecule has 0 spiro atoms. The number of aromatic nitrogens is 3. The second kappa shape index (κ2) is 28.7. The van der Waals surface area contributed by atoms with Crippen LogP contribution in [0.3, 0.4) is 0 Å². The van der Waals surface area contributed by atoms with Gasteiger partial charge in [0.15, 0.2) is 5.96 Å². The summed E-state index contributed by atoms with van der Waals surface area (Å²) >= 11 is 0. The minimum absolute atomic E-state index is 0.00489. The summed E-state index contributed by atoms with van der Waals surface area (Å²) in [5, 5.41) is 32.3. The molecule has 1 aliphatic heterocycles. The number of para-hydroxylation sites is 1. The molecule has 7 atom stereocenters. The fourth-order valence-electron chi connectivity index (χ4n) is 8.37. The fraction of sp³-hybridized carbons (Fsp3) is 0.460. The van der Waals surface area contributed by atoms with Crippen LogP contribution in [0.15, 0.2) is 78.3 Å². The van der Waals surface area contributed by atoms with Gasteiger partial charge in [-0.1, -0.05) is 68.3 Å². The van der Waals surface area contributed by atoms with E-state index >= 15 is 0 Å². The lowest BCUT2D eigenvalue weighted by Gasteiger charge is -2.28. The number of hydrogen-bond acceptors (Lipinski definition) is 11. The van der Waals surface area contributed by atoms with E-state index in [2.05, 4.69) is 62.5 Å². The van der Waals surface area contributed by atoms with Crippen molar-refractivity contribution >= 4 is 70.1 Å². The number of carboxylic acids is 1. The number of aromatic amines is 2. The molecule has 398 valence electrons. The molecule has 1 aliphatic rings. The number of benzene rings is 2. The standard InChI is InChI=1S/C50H68N14O10/c1-3-4-16-35(58-29(2)65)43(67)64-41-25-42(66)54-20-11-10-18-37(49(73)74)60-46(70)39(23-31-26-56-34-17-9-8-15-33(31)34)62-44(68)36(19-12-21-55-50(51)52)59-45(69)38(22-30-13-6-5-7-14-30)61-47(71)40(63-48(41)72)24-32-27-53-28-57-32/h5-9,13-15,17,26-28,35-41,56H,3-4,10-12,16,18-25H2,1-2H3,(H,53,57)(H,54,66)(H,58,65)(H,59,69)(H,60,70)(H,61,71)(H,62,68)(H,63,72)(H,64,67)(H,73,74)(H4,51,52,55)/t35-,36-,37-,38+,39-,40?,41?/m0/s1. The molecule has 24 nitrogen and oxygen atoms in total. The van der Waals surface area contributed by atoms with E-state index in [9.17, 15) is 48.3 Å². The molecule has 2 aromatic carbocycles. The second-order valence-corrected chi connectivity index (χ2v) is 18.1. The maximum absolute atomic E-state index is 14.7. The van der Waals surface area contributed by atoms with Crippen LogP contribution in [0.2, 0.25) is 0 Å². The molecule has 2 unspecified atom stereocenters. The van der Waals surface area contributed by atoms with Crippen LogP contribution in [-0.2, 0) is 62.4 Å². The summed E-state index contributed by atoms with van der Waals surface area (Å²) in [7, 11) is 0. The van der Waals surface area contributed by atoms with Crippen molar-refractivity contribution in [2.24, 2.45) is 16.5 Å². The number of guanidine groups is 1. The van der Waals surface area contributed by atoms with Crippen molar-refractivity contribution in [2.75, 3.05) is 13.1 Å². The number of nitrogens with two attached hydrogens (primary N) is 2. The van der Waals surface area contributed by atoms with E-state index in [-0.39, 0.29) is 76.8 Å². The monoisotopic (exact) mass is 1020 g/mol. The van der Waals surface area contributed by atoms with Gasteiger partial charge in [0.25, 0.3) is 0 Å². The molecule has 3 heterocycles. The highest BCUT2D eigenvalue weighted by Gasteiger charge is 2.35. The number of carbonyl (C=O) groups excluding carboxylic acids is 8. The van der Waals surface area contributed by atoms with Gasteiger partial charge in [-0.05, 0) is 55.7 Å². The van der Waals surface area contributed by atoms with Gasteiger partial charge in [0.2, 0.25) is 47.3 Å². The third-order valence-electron chi connectivity index (χ3n) is 12.3. The number of imidazole rings is 1. The Morgan fingerprint density at radius 3 is 2.11 bits per heavy atom. The van der Waals surface area contributed by atoms with Crippen LogP contribution in [0.5, 0.6) is 0 Å². The van der Waals surface area contributed by atoms with E-state index in [1.54, 1.807) is 42.6 Å². The van der Waals surface area contributed by atoms with Crippen molar-refractivity contribution in [1.29, 1.82) is 0 Å². The summed E-state index contributed by atoms with van der Waals surface area (Å²) in [5.74, 6) is -7.80. The number of unbranched alkanes of at least 4 members (excludes halogenated alkanes) is 1. The van der Waals surface area contributed by atoms with Crippen LogP contribution in [0.1, 0.15) is 88.5 Å². The van der Waals surface area contributed by atoms with Crippen molar-refractivity contribution in [3.63, 3.8) is 0 Å². The van der Waals surface area contributed by atoms with Crippen molar-refractivity contribution in [3.8, 4) is 0 Å². The molecule has 15 N–H and O–H groups in total. The van der Waals surface area contributed by atoms with Gasteiger partial charge in [0.1, 0.15) is 42.3 Å². The second-order valence-electron chi connectivity index (χ2n) is 18.1. The summed E-state index contributed by atoms with van der Waals surface area (Å²) < 4.78 is 0. The molecule has 0 saturated carbocycles. The van der Waals surface area contributed by atoms with Crippen molar-refractivity contribution in [3.05, 3.63) is 90.1 Å². The number of carboxylic acid groups (broad SMARTS) is 1. The quantitative estimate of drug-likeness (QED) is 0.0356. The van der Waals surface area contributed by atoms with Gasteiger partial charge in [0.05, 0.1) is 12.7 Å². The Balaban J connectivity index is 1.55. The zero-order chi connectivity index (χ0) is 53.6. The molecule has 1 fully saturated rings. The van der Waals surface area contributed by atoms with Gasteiger partial charge in [0, 0.05) is 68.3 Å². The highest BCUT2D eigenvalue weighted by atomic mass is 16.4. The minimum atomic E-state index is -1.59. The zero-order valence-corrected chi connectivity index (χ0v) is 41.5. The van der Waals surface area contributed by atoms with Crippen LogP contribution in [0, 0.1) is 0 Å². The number of nitrogens with one attached hydrogen (secondary N) is 10. The first-order chi connectivity index (χ1) is 35.5. The molecule has 0 aliphatic carbocycles. The molecule has 0 radical (unpaired) electrons. The Labute approximate surface area is 427 Å². The number of carbonyl (C=O) groups is 9. The number of nitrogens with zero attached hydrogens (tertiary/aromatic N) is 2. The van der Waals surface area contributed by atoms with Crippen LogP contribution in [0.25, 0.3) is 10.9 Å². The number of rotatable bonds is 17. The fourth-order valence-corrected chi connectivity index (χ4v) is 8.37. The predicted octanol–water partition coefficient (Wildman–Crippen LogP) is -0.649.